The maximum atomic E-state index is 10.8. The monoisotopic (exact) mass is 460 g/mol. The molecule has 33 heavy (non-hydrogen) atoms. The van der Waals surface area contributed by atoms with E-state index in [2.05, 4.69) is 10.1 Å². The van der Waals surface area contributed by atoms with Gasteiger partial charge in [-0.2, -0.15) is 0 Å². The van der Waals surface area contributed by atoms with Gasteiger partial charge in [-0.3, -0.25) is 0 Å². The average Bonchev–Trinajstić information content (AvgIpc) is 3.46. The van der Waals surface area contributed by atoms with Crippen molar-refractivity contribution in [2.45, 2.75) is 62.8 Å². The highest BCUT2D eigenvalue weighted by Gasteiger charge is 2.34. The number of likely N-dealkylation sites (tertiary alicyclic amines) is 1. The van der Waals surface area contributed by atoms with Gasteiger partial charge in [0.05, 0.1) is 18.3 Å². The van der Waals surface area contributed by atoms with E-state index in [1.807, 2.05) is 18.2 Å². The Morgan fingerprint density at radius 1 is 1.12 bits per heavy atom. The number of β-amino-alcohol motifs (C(OH)–C–C–N with tert-alkyl or cyclic N) is 1. The van der Waals surface area contributed by atoms with Crippen molar-refractivity contribution in [3.63, 3.8) is 0 Å². The van der Waals surface area contributed by atoms with Gasteiger partial charge >= 0.3 is 0 Å². The lowest BCUT2D eigenvalue weighted by Crippen LogP contribution is -2.49. The first-order chi connectivity index (χ1) is 16.1. The highest BCUT2D eigenvalue weighted by atomic mass is 16.6. The first kappa shape index (κ1) is 22.9. The highest BCUT2D eigenvalue weighted by Crippen LogP contribution is 2.37. The van der Waals surface area contributed by atoms with Crippen LogP contribution in [0.4, 0.5) is 0 Å². The van der Waals surface area contributed by atoms with Gasteiger partial charge in [0.15, 0.2) is 5.58 Å². The first-order valence-electron chi connectivity index (χ1n) is 12.4. The van der Waals surface area contributed by atoms with E-state index < -0.39 is 5.60 Å². The van der Waals surface area contributed by atoms with E-state index in [1.54, 1.807) is 7.11 Å². The molecular weight excluding hydrogens is 424 g/mol. The number of fused-ring (bicyclic) bond motifs is 1. The van der Waals surface area contributed by atoms with Gasteiger partial charge in [-0.05, 0) is 68.4 Å². The van der Waals surface area contributed by atoms with Gasteiger partial charge in [0.25, 0.3) is 5.88 Å². The maximum absolute atomic E-state index is 10.8. The van der Waals surface area contributed by atoms with Crippen LogP contribution in [0.3, 0.4) is 0 Å². The van der Waals surface area contributed by atoms with Crippen LogP contribution in [0.2, 0.25) is 0 Å². The van der Waals surface area contributed by atoms with E-state index in [9.17, 15) is 5.11 Å². The van der Waals surface area contributed by atoms with E-state index in [0.717, 1.165) is 75.7 Å². The van der Waals surface area contributed by atoms with E-state index in [0.29, 0.717) is 37.2 Å². The molecule has 0 radical (unpaired) electrons. The lowest BCUT2D eigenvalue weighted by atomic mass is 9.91. The van der Waals surface area contributed by atoms with Crippen LogP contribution in [-0.2, 0) is 9.47 Å². The molecule has 2 unspecified atom stereocenters. The van der Waals surface area contributed by atoms with Crippen molar-refractivity contribution in [3.8, 4) is 11.6 Å². The summed E-state index contributed by atoms with van der Waals surface area (Å²) >= 11 is 0. The molecule has 2 atom stereocenters. The predicted molar refractivity (Wildman–Crippen MR) is 123 cm³/mol. The van der Waals surface area contributed by atoms with E-state index in [4.69, 9.17) is 23.5 Å². The number of benzene rings is 1. The van der Waals surface area contributed by atoms with Crippen molar-refractivity contribution >= 4 is 11.0 Å². The lowest BCUT2D eigenvalue weighted by molar-refractivity contribution is -0.0834. The highest BCUT2D eigenvalue weighted by molar-refractivity contribution is 5.88. The molecule has 0 amide bonds. The smallest absolute Gasteiger partial charge is 0.265 e. The summed E-state index contributed by atoms with van der Waals surface area (Å²) in [6.07, 6.45) is 6.82. The summed E-state index contributed by atoms with van der Waals surface area (Å²) in [6.45, 7) is 4.61. The topological polar surface area (TPSA) is 86.4 Å². The third-order valence-electron chi connectivity index (χ3n) is 7.51. The Hall–Kier alpha value is -1.87. The average molecular weight is 461 g/mol. The molecule has 8 nitrogen and oxygen atoms in total. The van der Waals surface area contributed by atoms with Crippen LogP contribution in [0, 0.1) is 5.92 Å². The number of hydrogen-bond donors (Lipinski definition) is 1. The van der Waals surface area contributed by atoms with Crippen LogP contribution < -0.4 is 9.47 Å². The second-order valence-corrected chi connectivity index (χ2v) is 9.85. The number of rotatable bonds is 8. The number of hydrogen-bond acceptors (Lipinski definition) is 8. The quantitative estimate of drug-likeness (QED) is 0.642. The molecule has 1 aromatic heterocycles. The fraction of sp³-hybridized carbons (Fsp3) is 0.720. The molecule has 1 aliphatic carbocycles. The Labute approximate surface area is 195 Å². The number of ether oxygens (including phenoxy) is 4. The summed E-state index contributed by atoms with van der Waals surface area (Å²) in [5.74, 6) is 1.71. The Morgan fingerprint density at radius 2 is 1.91 bits per heavy atom. The Balaban J connectivity index is 1.17. The third kappa shape index (κ3) is 5.29. The molecule has 0 bridgehead atoms. The number of piperidine rings is 1. The van der Waals surface area contributed by atoms with Crippen LogP contribution in [0.1, 0.15) is 44.9 Å². The first-order valence-corrected chi connectivity index (χ1v) is 12.4. The van der Waals surface area contributed by atoms with Gasteiger partial charge in [-0.25, -0.2) is 0 Å². The van der Waals surface area contributed by atoms with Crippen molar-refractivity contribution in [1.82, 2.24) is 10.1 Å². The zero-order valence-electron chi connectivity index (χ0n) is 19.5. The van der Waals surface area contributed by atoms with Crippen LogP contribution in [0.15, 0.2) is 22.7 Å². The fourth-order valence-electron chi connectivity index (χ4n) is 5.42. The van der Waals surface area contributed by atoms with Gasteiger partial charge in [0, 0.05) is 39.7 Å². The van der Waals surface area contributed by atoms with Gasteiger partial charge in [0.2, 0.25) is 0 Å². The van der Waals surface area contributed by atoms with E-state index in [1.165, 1.54) is 0 Å². The molecule has 182 valence electrons. The fourth-order valence-corrected chi connectivity index (χ4v) is 5.42. The minimum Gasteiger partial charge on any atom is -0.487 e. The minimum atomic E-state index is -0.598. The lowest BCUT2D eigenvalue weighted by Gasteiger charge is -2.39. The molecule has 5 rings (SSSR count). The van der Waals surface area contributed by atoms with Gasteiger partial charge in [-0.15, -0.1) is 0 Å². The number of aliphatic hydroxyl groups is 1. The molecular formula is C25H36N2O6. The Morgan fingerprint density at radius 3 is 2.70 bits per heavy atom. The largest absolute Gasteiger partial charge is 0.487 e. The van der Waals surface area contributed by atoms with Gasteiger partial charge in [-0.1, -0.05) is 6.07 Å². The van der Waals surface area contributed by atoms with Crippen LogP contribution in [0.25, 0.3) is 11.0 Å². The second-order valence-electron chi connectivity index (χ2n) is 9.85. The second kappa shape index (κ2) is 10.2. The van der Waals surface area contributed by atoms with Crippen molar-refractivity contribution in [2.24, 2.45) is 5.92 Å². The molecule has 1 aromatic carbocycles. The zero-order valence-corrected chi connectivity index (χ0v) is 19.5. The molecule has 0 spiro atoms. The molecule has 3 aliphatic rings. The van der Waals surface area contributed by atoms with Crippen LogP contribution in [-0.4, -0.2) is 79.5 Å². The third-order valence-corrected chi connectivity index (χ3v) is 7.51. The number of aromatic nitrogens is 1. The molecule has 2 saturated heterocycles. The molecule has 1 N–H and O–H groups in total. The summed E-state index contributed by atoms with van der Waals surface area (Å²) in [5.41, 5.74) is 0.0765. The molecule has 2 aliphatic heterocycles. The van der Waals surface area contributed by atoms with Crippen LogP contribution in [0.5, 0.6) is 11.6 Å². The molecule has 8 heteroatoms. The Bertz CT molecular complexity index is 903. The predicted octanol–water partition coefficient (Wildman–Crippen LogP) is 3.41. The van der Waals surface area contributed by atoms with Crippen molar-refractivity contribution in [1.29, 1.82) is 0 Å². The zero-order chi connectivity index (χ0) is 22.7. The van der Waals surface area contributed by atoms with Crippen molar-refractivity contribution in [2.75, 3.05) is 46.6 Å². The Kier molecular flexibility index (Phi) is 7.06. The standard InChI is InChI=1S/C25H36N2O6/c1-29-19-4-2-5-20(19)32-21-6-3-7-22-23(21)24(26-33-22)31-16-18-8-12-27(13-9-18)17-25(28)10-14-30-15-11-25/h3,6-7,18-20,28H,2,4-5,8-17H2,1H3. The summed E-state index contributed by atoms with van der Waals surface area (Å²) in [7, 11) is 1.75. The SMILES string of the molecule is COC1CCCC1Oc1cccc2onc(OCC3CCN(CC4(O)CCOCC4)CC3)c12. The normalized spacial score (nSPS) is 26.6. The van der Waals surface area contributed by atoms with E-state index in [-0.39, 0.29) is 12.2 Å². The summed E-state index contributed by atoms with van der Waals surface area (Å²) in [4.78, 5) is 2.38. The van der Waals surface area contributed by atoms with E-state index >= 15 is 0 Å². The van der Waals surface area contributed by atoms with Crippen molar-refractivity contribution < 1.29 is 28.6 Å². The molecule has 3 fully saturated rings. The molecule has 3 heterocycles. The van der Waals surface area contributed by atoms with Gasteiger partial charge < -0.3 is 33.5 Å². The summed E-state index contributed by atoms with van der Waals surface area (Å²) in [6, 6.07) is 5.77. The number of nitrogens with zero attached hydrogens (tertiary/aromatic N) is 2. The van der Waals surface area contributed by atoms with Crippen LogP contribution >= 0.6 is 0 Å². The summed E-state index contributed by atoms with van der Waals surface area (Å²) in [5, 5.41) is 15.8. The van der Waals surface area contributed by atoms with Crippen molar-refractivity contribution in [3.05, 3.63) is 18.2 Å². The molecule has 2 aromatic rings. The molecule has 1 saturated carbocycles. The maximum Gasteiger partial charge on any atom is 0.265 e. The van der Waals surface area contributed by atoms with Gasteiger partial charge in [0.1, 0.15) is 17.2 Å². The summed E-state index contributed by atoms with van der Waals surface area (Å²) < 4.78 is 29.0. The minimum absolute atomic E-state index is 0.0400. The number of methoxy groups -OCH3 is 1.